The second-order valence-electron chi connectivity index (χ2n) is 6.47. The number of halogens is 1. The number of nitrogens with one attached hydrogen (secondary N) is 2. The molecule has 0 bridgehead atoms. The van der Waals surface area contributed by atoms with Crippen LogP contribution in [0, 0.1) is 11.3 Å². The third kappa shape index (κ3) is 4.81. The third-order valence-corrected chi connectivity index (χ3v) is 4.57. The van der Waals surface area contributed by atoms with Crippen LogP contribution in [-0.4, -0.2) is 35.4 Å². The summed E-state index contributed by atoms with van der Waals surface area (Å²) in [6.07, 6.45) is 3.22. The highest BCUT2D eigenvalue weighted by Crippen LogP contribution is 2.21. The molecule has 148 valence electrons. The molecule has 8 heteroatoms. The molecule has 0 saturated carbocycles. The molecule has 29 heavy (non-hydrogen) atoms. The van der Waals surface area contributed by atoms with Gasteiger partial charge in [0.1, 0.15) is 0 Å². The fourth-order valence-electron chi connectivity index (χ4n) is 3.03. The number of morpholine rings is 1. The Morgan fingerprint density at radius 3 is 2.62 bits per heavy atom. The highest BCUT2D eigenvalue weighted by atomic mass is 35.5. The minimum atomic E-state index is -0.233. The predicted molar refractivity (Wildman–Crippen MR) is 111 cm³/mol. The summed E-state index contributed by atoms with van der Waals surface area (Å²) >= 11 is 0. The lowest BCUT2D eigenvalue weighted by molar-refractivity contribution is 0.0277. The van der Waals surface area contributed by atoms with Crippen LogP contribution >= 0.6 is 12.4 Å². The van der Waals surface area contributed by atoms with E-state index >= 15 is 0 Å². The van der Waals surface area contributed by atoms with Gasteiger partial charge < -0.3 is 15.4 Å². The quantitative estimate of drug-likeness (QED) is 0.690. The molecule has 2 aromatic carbocycles. The van der Waals surface area contributed by atoms with Gasteiger partial charge in [0.25, 0.3) is 5.91 Å². The highest BCUT2D eigenvalue weighted by Gasteiger charge is 2.16. The van der Waals surface area contributed by atoms with Gasteiger partial charge in [-0.15, -0.1) is 12.4 Å². The van der Waals surface area contributed by atoms with Gasteiger partial charge in [-0.3, -0.25) is 4.79 Å². The van der Waals surface area contributed by atoms with E-state index in [4.69, 9.17) is 10.00 Å². The minimum absolute atomic E-state index is 0. The second kappa shape index (κ2) is 9.34. The van der Waals surface area contributed by atoms with Crippen LogP contribution < -0.4 is 10.6 Å². The zero-order valence-corrected chi connectivity index (χ0v) is 16.4. The smallest absolute Gasteiger partial charge is 0.258 e. The molecule has 7 nitrogen and oxygen atoms in total. The Kier molecular flexibility index (Phi) is 6.62. The van der Waals surface area contributed by atoms with Crippen LogP contribution in [0.15, 0.2) is 60.9 Å². The van der Waals surface area contributed by atoms with Crippen molar-refractivity contribution in [3.8, 4) is 11.8 Å². The number of amides is 1. The summed E-state index contributed by atoms with van der Waals surface area (Å²) in [4.78, 5) is 12.5. The van der Waals surface area contributed by atoms with Crippen molar-refractivity contribution < 1.29 is 9.53 Å². The zero-order chi connectivity index (χ0) is 19.3. The van der Waals surface area contributed by atoms with Crippen LogP contribution in [-0.2, 0) is 4.74 Å². The molecule has 1 amide bonds. The molecule has 1 fully saturated rings. The van der Waals surface area contributed by atoms with Gasteiger partial charge in [-0.05, 0) is 42.0 Å². The molecule has 0 unspecified atom stereocenters. The summed E-state index contributed by atoms with van der Waals surface area (Å²) in [7, 11) is 0. The van der Waals surface area contributed by atoms with Gasteiger partial charge in [0.05, 0.1) is 41.8 Å². The highest BCUT2D eigenvalue weighted by molar-refractivity contribution is 6.04. The molecule has 0 aliphatic carbocycles. The van der Waals surface area contributed by atoms with Crippen LogP contribution in [0.5, 0.6) is 0 Å². The number of benzene rings is 2. The first-order valence-electron chi connectivity index (χ1n) is 9.02. The average Bonchev–Trinajstić information content (AvgIpc) is 3.25. The molecular formula is C21H20ClN5O2. The monoisotopic (exact) mass is 409 g/mol. The molecule has 1 atom stereocenters. The summed E-state index contributed by atoms with van der Waals surface area (Å²) < 4.78 is 7.34. The lowest BCUT2D eigenvalue weighted by Gasteiger charge is -2.24. The van der Waals surface area contributed by atoms with Crippen LogP contribution in [0.25, 0.3) is 5.69 Å². The number of hydrogen-bond donors (Lipinski definition) is 2. The van der Waals surface area contributed by atoms with Gasteiger partial charge >= 0.3 is 0 Å². The molecule has 2 N–H and O–H groups in total. The van der Waals surface area contributed by atoms with E-state index in [0.29, 0.717) is 23.4 Å². The van der Waals surface area contributed by atoms with Gasteiger partial charge in [-0.2, -0.15) is 10.4 Å². The lowest BCUT2D eigenvalue weighted by Crippen LogP contribution is -2.33. The van der Waals surface area contributed by atoms with Crippen LogP contribution in [0.4, 0.5) is 5.69 Å². The number of aromatic nitrogens is 2. The Bertz CT molecular complexity index is 1000. The summed E-state index contributed by atoms with van der Waals surface area (Å²) in [5, 5.41) is 19.3. The van der Waals surface area contributed by atoms with Crippen LogP contribution in [0.1, 0.15) is 27.6 Å². The normalized spacial score (nSPS) is 15.8. The lowest BCUT2D eigenvalue weighted by atomic mass is 10.1. The summed E-state index contributed by atoms with van der Waals surface area (Å²) in [5.41, 5.74) is 3.60. The number of nitrogens with zero attached hydrogens (tertiary/aromatic N) is 3. The number of hydrogen-bond acceptors (Lipinski definition) is 5. The molecule has 3 aromatic rings. The topological polar surface area (TPSA) is 92.0 Å². The zero-order valence-electron chi connectivity index (χ0n) is 15.5. The van der Waals surface area contributed by atoms with Gasteiger partial charge in [-0.25, -0.2) is 4.68 Å². The van der Waals surface area contributed by atoms with Crippen molar-refractivity contribution in [2.45, 2.75) is 6.10 Å². The Hall–Kier alpha value is -3.18. The van der Waals surface area contributed by atoms with E-state index in [9.17, 15) is 4.79 Å². The Morgan fingerprint density at radius 2 is 1.97 bits per heavy atom. The molecule has 1 aromatic heterocycles. The molecule has 1 aliphatic rings. The maximum Gasteiger partial charge on any atom is 0.258 e. The number of anilines is 1. The molecular weight excluding hydrogens is 390 g/mol. The van der Waals surface area contributed by atoms with Gasteiger partial charge in [0.2, 0.25) is 0 Å². The van der Waals surface area contributed by atoms with E-state index in [0.717, 1.165) is 24.3 Å². The van der Waals surface area contributed by atoms with E-state index in [2.05, 4.69) is 21.8 Å². The largest absolute Gasteiger partial charge is 0.371 e. The Morgan fingerprint density at radius 1 is 1.21 bits per heavy atom. The van der Waals surface area contributed by atoms with Crippen molar-refractivity contribution in [2.24, 2.45) is 0 Å². The second-order valence-corrected chi connectivity index (χ2v) is 6.47. The fraction of sp³-hybridized carbons (Fsp3) is 0.190. The van der Waals surface area contributed by atoms with Crippen molar-refractivity contribution >= 4 is 24.0 Å². The third-order valence-electron chi connectivity index (χ3n) is 4.57. The maximum absolute atomic E-state index is 12.5. The number of rotatable bonds is 4. The van der Waals surface area contributed by atoms with Crippen molar-refractivity contribution in [3.05, 3.63) is 77.6 Å². The Labute approximate surface area is 174 Å². The van der Waals surface area contributed by atoms with Gasteiger partial charge in [0, 0.05) is 25.0 Å². The molecule has 2 heterocycles. The van der Waals surface area contributed by atoms with E-state index in [1.165, 1.54) is 6.20 Å². The SMILES string of the molecule is Cl.N#Cc1ccc(-n2cc(C(=O)Nc3ccc([C@H]4CNCCO4)cc3)cn2)cc1. The molecule has 1 saturated heterocycles. The first-order valence-corrected chi connectivity index (χ1v) is 9.02. The first kappa shape index (κ1) is 20.6. The van der Waals surface area contributed by atoms with Crippen LogP contribution in [0.3, 0.4) is 0 Å². The fourth-order valence-corrected chi connectivity index (χ4v) is 3.03. The summed E-state index contributed by atoms with van der Waals surface area (Å²) in [6.45, 7) is 2.37. The van der Waals surface area contributed by atoms with Crippen molar-refractivity contribution in [1.82, 2.24) is 15.1 Å². The van der Waals surface area contributed by atoms with Crippen LogP contribution in [0.2, 0.25) is 0 Å². The molecule has 1 aliphatic heterocycles. The number of carbonyl (C=O) groups is 1. The minimum Gasteiger partial charge on any atom is -0.371 e. The first-order chi connectivity index (χ1) is 13.7. The number of carbonyl (C=O) groups excluding carboxylic acids is 1. The van der Waals surface area contributed by atoms with E-state index in [1.807, 2.05) is 24.3 Å². The number of nitriles is 1. The van der Waals surface area contributed by atoms with E-state index in [1.54, 1.807) is 35.1 Å². The van der Waals surface area contributed by atoms with Gasteiger partial charge in [0.15, 0.2) is 0 Å². The van der Waals surface area contributed by atoms with E-state index in [-0.39, 0.29) is 24.4 Å². The summed E-state index contributed by atoms with van der Waals surface area (Å²) in [5.74, 6) is -0.233. The summed E-state index contributed by atoms with van der Waals surface area (Å²) in [6, 6.07) is 16.7. The van der Waals surface area contributed by atoms with Crippen molar-refractivity contribution in [2.75, 3.05) is 25.0 Å². The molecule has 4 rings (SSSR count). The van der Waals surface area contributed by atoms with Crippen molar-refractivity contribution in [3.63, 3.8) is 0 Å². The van der Waals surface area contributed by atoms with Crippen molar-refractivity contribution in [1.29, 1.82) is 5.26 Å². The number of ether oxygens (including phenoxy) is 1. The van der Waals surface area contributed by atoms with Gasteiger partial charge in [-0.1, -0.05) is 12.1 Å². The predicted octanol–water partition coefficient (Wildman–Crippen LogP) is 3.08. The van der Waals surface area contributed by atoms with E-state index < -0.39 is 0 Å². The average molecular weight is 410 g/mol. The molecule has 0 radical (unpaired) electrons. The Balaban J connectivity index is 0.00000240. The maximum atomic E-state index is 12.5. The standard InChI is InChI=1S/C21H19N5O2.ClH/c22-11-15-1-7-19(8-2-15)26-14-17(12-24-26)21(27)25-18-5-3-16(4-6-18)20-13-23-9-10-28-20;/h1-8,12,14,20,23H,9-10,13H2,(H,25,27);1H/t20-;/m1./s1. The molecule has 0 spiro atoms.